The van der Waals surface area contributed by atoms with Crippen LogP contribution in [0, 0.1) is 0 Å². The number of hydrogen-bond acceptors (Lipinski definition) is 3. The van der Waals surface area contributed by atoms with Gasteiger partial charge in [0.15, 0.2) is 0 Å². The van der Waals surface area contributed by atoms with E-state index in [0.717, 1.165) is 18.4 Å². The fourth-order valence-corrected chi connectivity index (χ4v) is 1.49. The van der Waals surface area contributed by atoms with Crippen LogP contribution in [0.1, 0.15) is 41.7 Å². The SMILES string of the molecule is CCC[C@@H](N)c1cccc(C(=O)OC)c1. The highest BCUT2D eigenvalue weighted by atomic mass is 16.5. The van der Waals surface area contributed by atoms with Crippen LogP contribution in [0.25, 0.3) is 0 Å². The molecule has 1 aromatic rings. The lowest BCUT2D eigenvalue weighted by Gasteiger charge is -2.11. The largest absolute Gasteiger partial charge is 0.465 e. The summed E-state index contributed by atoms with van der Waals surface area (Å²) >= 11 is 0. The van der Waals surface area contributed by atoms with Crippen molar-refractivity contribution in [1.82, 2.24) is 0 Å². The molecule has 0 aliphatic heterocycles. The second-order valence-electron chi connectivity index (χ2n) is 3.51. The summed E-state index contributed by atoms with van der Waals surface area (Å²) in [6.45, 7) is 2.09. The molecule has 1 aromatic carbocycles. The van der Waals surface area contributed by atoms with Gasteiger partial charge < -0.3 is 10.5 Å². The Morgan fingerprint density at radius 1 is 1.53 bits per heavy atom. The molecular formula is C12H17NO2. The van der Waals surface area contributed by atoms with Crippen molar-refractivity contribution >= 4 is 5.97 Å². The van der Waals surface area contributed by atoms with Crippen LogP contribution in [-0.4, -0.2) is 13.1 Å². The van der Waals surface area contributed by atoms with Crippen molar-refractivity contribution in [3.05, 3.63) is 35.4 Å². The average molecular weight is 207 g/mol. The molecule has 1 atom stereocenters. The number of rotatable bonds is 4. The first-order chi connectivity index (χ1) is 7.19. The summed E-state index contributed by atoms with van der Waals surface area (Å²) in [6.07, 6.45) is 1.95. The Morgan fingerprint density at radius 2 is 2.27 bits per heavy atom. The van der Waals surface area contributed by atoms with Gasteiger partial charge in [0.05, 0.1) is 12.7 Å². The van der Waals surface area contributed by atoms with Crippen molar-refractivity contribution in [3.8, 4) is 0 Å². The quantitative estimate of drug-likeness (QED) is 0.770. The molecule has 3 nitrogen and oxygen atoms in total. The Morgan fingerprint density at radius 3 is 2.87 bits per heavy atom. The maximum absolute atomic E-state index is 11.3. The lowest BCUT2D eigenvalue weighted by molar-refractivity contribution is 0.0600. The number of methoxy groups -OCH3 is 1. The molecule has 0 saturated carbocycles. The van der Waals surface area contributed by atoms with Crippen molar-refractivity contribution in [3.63, 3.8) is 0 Å². The van der Waals surface area contributed by atoms with Crippen LogP contribution in [0.3, 0.4) is 0 Å². The van der Waals surface area contributed by atoms with Crippen LogP contribution >= 0.6 is 0 Å². The molecule has 0 heterocycles. The molecule has 0 spiro atoms. The van der Waals surface area contributed by atoms with Crippen molar-refractivity contribution in [1.29, 1.82) is 0 Å². The average Bonchev–Trinajstić information content (AvgIpc) is 2.28. The first kappa shape index (κ1) is 11.7. The fraction of sp³-hybridized carbons (Fsp3) is 0.417. The number of ether oxygens (including phenoxy) is 1. The lowest BCUT2D eigenvalue weighted by Crippen LogP contribution is -2.11. The zero-order chi connectivity index (χ0) is 11.3. The Kier molecular flexibility index (Phi) is 4.31. The third-order valence-corrected chi connectivity index (χ3v) is 2.34. The van der Waals surface area contributed by atoms with Gasteiger partial charge >= 0.3 is 5.97 Å². The first-order valence-electron chi connectivity index (χ1n) is 5.13. The van der Waals surface area contributed by atoms with Gasteiger partial charge in [-0.05, 0) is 24.1 Å². The Bertz CT molecular complexity index is 336. The van der Waals surface area contributed by atoms with E-state index in [9.17, 15) is 4.79 Å². The van der Waals surface area contributed by atoms with Crippen LogP contribution < -0.4 is 5.73 Å². The Balaban J connectivity index is 2.87. The minimum Gasteiger partial charge on any atom is -0.465 e. The van der Waals surface area contributed by atoms with E-state index in [2.05, 4.69) is 11.7 Å². The predicted octanol–water partition coefficient (Wildman–Crippen LogP) is 2.27. The summed E-state index contributed by atoms with van der Waals surface area (Å²) in [5.41, 5.74) is 7.51. The number of carbonyl (C=O) groups excluding carboxylic acids is 1. The number of esters is 1. The highest BCUT2D eigenvalue weighted by Crippen LogP contribution is 2.17. The van der Waals surface area contributed by atoms with E-state index in [1.165, 1.54) is 7.11 Å². The van der Waals surface area contributed by atoms with E-state index in [1.807, 2.05) is 12.1 Å². The summed E-state index contributed by atoms with van der Waals surface area (Å²) < 4.78 is 4.65. The summed E-state index contributed by atoms with van der Waals surface area (Å²) in [5.74, 6) is -0.319. The second-order valence-corrected chi connectivity index (χ2v) is 3.51. The molecule has 3 heteroatoms. The molecule has 0 radical (unpaired) electrons. The minimum atomic E-state index is -0.319. The molecule has 15 heavy (non-hydrogen) atoms. The van der Waals surface area contributed by atoms with E-state index in [-0.39, 0.29) is 12.0 Å². The molecule has 0 fully saturated rings. The predicted molar refractivity (Wildman–Crippen MR) is 59.6 cm³/mol. The van der Waals surface area contributed by atoms with E-state index in [0.29, 0.717) is 5.56 Å². The molecule has 0 saturated heterocycles. The Labute approximate surface area is 90.2 Å². The molecule has 1 rings (SSSR count). The molecule has 0 unspecified atom stereocenters. The summed E-state index contributed by atoms with van der Waals surface area (Å²) in [6, 6.07) is 7.30. The molecule has 82 valence electrons. The normalized spacial score (nSPS) is 12.2. The summed E-state index contributed by atoms with van der Waals surface area (Å²) in [5, 5.41) is 0. The fourth-order valence-electron chi connectivity index (χ4n) is 1.49. The number of hydrogen-bond donors (Lipinski definition) is 1. The number of benzene rings is 1. The third-order valence-electron chi connectivity index (χ3n) is 2.34. The summed E-state index contributed by atoms with van der Waals surface area (Å²) in [4.78, 5) is 11.3. The van der Waals surface area contributed by atoms with Crippen LogP contribution in [0.2, 0.25) is 0 Å². The maximum atomic E-state index is 11.3. The van der Waals surface area contributed by atoms with Crippen LogP contribution in [0.5, 0.6) is 0 Å². The molecular weight excluding hydrogens is 190 g/mol. The van der Waals surface area contributed by atoms with Crippen molar-refractivity contribution in [2.45, 2.75) is 25.8 Å². The molecule has 0 aromatic heterocycles. The van der Waals surface area contributed by atoms with Crippen molar-refractivity contribution < 1.29 is 9.53 Å². The second kappa shape index (κ2) is 5.51. The van der Waals surface area contributed by atoms with E-state index >= 15 is 0 Å². The molecule has 2 N–H and O–H groups in total. The summed E-state index contributed by atoms with van der Waals surface area (Å²) in [7, 11) is 1.38. The molecule has 0 aliphatic carbocycles. The van der Waals surface area contributed by atoms with Gasteiger partial charge in [0.25, 0.3) is 0 Å². The molecule has 0 bridgehead atoms. The zero-order valence-electron chi connectivity index (χ0n) is 9.19. The van der Waals surface area contributed by atoms with Gasteiger partial charge in [-0.3, -0.25) is 0 Å². The molecule has 0 amide bonds. The van der Waals surface area contributed by atoms with Crippen LogP contribution in [0.15, 0.2) is 24.3 Å². The highest BCUT2D eigenvalue weighted by molar-refractivity contribution is 5.89. The zero-order valence-corrected chi connectivity index (χ0v) is 9.19. The van der Waals surface area contributed by atoms with Gasteiger partial charge in [-0.25, -0.2) is 4.79 Å². The molecule has 0 aliphatic rings. The van der Waals surface area contributed by atoms with Crippen molar-refractivity contribution in [2.75, 3.05) is 7.11 Å². The highest BCUT2D eigenvalue weighted by Gasteiger charge is 2.09. The standard InChI is InChI=1S/C12H17NO2/c1-3-5-11(13)9-6-4-7-10(8-9)12(14)15-2/h4,6-8,11H,3,5,13H2,1-2H3/t11-/m1/s1. The maximum Gasteiger partial charge on any atom is 0.337 e. The third kappa shape index (κ3) is 3.06. The Hall–Kier alpha value is -1.35. The first-order valence-corrected chi connectivity index (χ1v) is 5.13. The van der Waals surface area contributed by atoms with Gasteiger partial charge in [-0.15, -0.1) is 0 Å². The van der Waals surface area contributed by atoms with Crippen LogP contribution in [-0.2, 0) is 4.74 Å². The lowest BCUT2D eigenvalue weighted by atomic mass is 10.0. The van der Waals surface area contributed by atoms with Crippen molar-refractivity contribution in [2.24, 2.45) is 5.73 Å². The van der Waals surface area contributed by atoms with Gasteiger partial charge in [-0.1, -0.05) is 25.5 Å². The van der Waals surface area contributed by atoms with Gasteiger partial charge in [0.1, 0.15) is 0 Å². The number of carbonyl (C=O) groups is 1. The van der Waals surface area contributed by atoms with Gasteiger partial charge in [0, 0.05) is 6.04 Å². The topological polar surface area (TPSA) is 52.3 Å². The smallest absolute Gasteiger partial charge is 0.337 e. The minimum absolute atomic E-state index is 0.000365. The monoisotopic (exact) mass is 207 g/mol. The van der Waals surface area contributed by atoms with E-state index in [1.54, 1.807) is 12.1 Å². The van der Waals surface area contributed by atoms with Crippen LogP contribution in [0.4, 0.5) is 0 Å². The van der Waals surface area contributed by atoms with E-state index < -0.39 is 0 Å². The van der Waals surface area contributed by atoms with Gasteiger partial charge in [-0.2, -0.15) is 0 Å². The van der Waals surface area contributed by atoms with Gasteiger partial charge in [0.2, 0.25) is 0 Å². The van der Waals surface area contributed by atoms with E-state index in [4.69, 9.17) is 5.73 Å². The number of nitrogens with two attached hydrogens (primary N) is 1.